The molecule has 4 heteroatoms. The third kappa shape index (κ3) is 3.50. The molecule has 9 heavy (non-hydrogen) atoms. The smallest absolute Gasteiger partial charge is 0.320 e. The van der Waals surface area contributed by atoms with E-state index in [1.807, 2.05) is 0 Å². The summed E-state index contributed by atoms with van der Waals surface area (Å²) < 4.78 is 0. The predicted octanol–water partition coefficient (Wildman–Crippen LogP) is -0.292. The summed E-state index contributed by atoms with van der Waals surface area (Å²) in [6, 6.07) is -0.876. The van der Waals surface area contributed by atoms with Gasteiger partial charge in [0.15, 0.2) is 0 Å². The molecular weight excluding hydrogens is 120 g/mol. The molecule has 0 radical (unpaired) electrons. The van der Waals surface area contributed by atoms with E-state index >= 15 is 0 Å². The topological polar surface area (TPSA) is 67.7 Å². The maximum absolute atomic E-state index is 9.98. The minimum Gasteiger partial charge on any atom is -0.480 e. The van der Waals surface area contributed by atoms with Gasteiger partial charge >= 0.3 is 5.97 Å². The fraction of sp³-hybridized carbons (Fsp3) is 0.600. The van der Waals surface area contributed by atoms with Crippen LogP contribution in [0.1, 0.15) is 6.42 Å². The Bertz CT molecular complexity index is 138. The van der Waals surface area contributed by atoms with Crippen molar-refractivity contribution in [1.82, 2.24) is 0 Å². The maximum Gasteiger partial charge on any atom is 0.320 e. The van der Waals surface area contributed by atoms with Crippen molar-refractivity contribution in [2.45, 2.75) is 12.5 Å². The molecule has 0 aliphatic heterocycles. The fourth-order valence-electron chi connectivity index (χ4n) is 0.327. The predicted molar refractivity (Wildman–Crippen MR) is 31.7 cm³/mol. The summed E-state index contributed by atoms with van der Waals surface area (Å²) in [6.07, 6.45) is 0.235. The maximum atomic E-state index is 9.98. The van der Waals surface area contributed by atoms with E-state index in [0.717, 1.165) is 0 Å². The molecule has 3 N–H and O–H groups in total. The van der Waals surface area contributed by atoms with Crippen molar-refractivity contribution >= 4 is 5.97 Å². The summed E-state index contributed by atoms with van der Waals surface area (Å²) >= 11 is 0. The first-order valence-corrected chi connectivity index (χ1v) is 2.50. The number of carbonyl (C=O) groups is 1. The van der Waals surface area contributed by atoms with Crippen LogP contribution in [0.2, 0.25) is 0 Å². The molecule has 0 aromatic rings. The van der Waals surface area contributed by atoms with Crippen molar-refractivity contribution in [2.75, 3.05) is 6.54 Å². The molecule has 0 rings (SSSR count). The quantitative estimate of drug-likeness (QED) is 0.513. The average Bonchev–Trinajstić information content (AvgIpc) is 1.82. The van der Waals surface area contributed by atoms with Crippen LogP contribution in [0.3, 0.4) is 0 Å². The number of carboxylic acids is 1. The summed E-state index contributed by atoms with van der Waals surface area (Å²) in [5.74, 6) is -1.04. The van der Waals surface area contributed by atoms with Crippen LogP contribution in [0.4, 0.5) is 0 Å². The molecule has 0 spiro atoms. The van der Waals surface area contributed by atoms with Gasteiger partial charge in [0, 0.05) is 6.42 Å². The number of nitrogens with two attached hydrogens (primary N) is 1. The number of aliphatic carboxylic acids is 1. The van der Waals surface area contributed by atoms with Gasteiger partial charge in [-0.3, -0.25) is 4.79 Å². The zero-order valence-corrected chi connectivity index (χ0v) is 4.87. The van der Waals surface area contributed by atoms with E-state index in [0.29, 0.717) is 0 Å². The van der Waals surface area contributed by atoms with E-state index in [1.165, 1.54) is 0 Å². The van der Waals surface area contributed by atoms with E-state index < -0.39 is 12.0 Å². The lowest BCUT2D eigenvalue weighted by atomic mass is 10.2. The van der Waals surface area contributed by atoms with Gasteiger partial charge in [0.05, 0.1) is 0 Å². The van der Waals surface area contributed by atoms with E-state index in [4.69, 9.17) is 17.4 Å². The number of rotatable bonds is 3. The van der Waals surface area contributed by atoms with Gasteiger partial charge in [-0.2, -0.15) is 0 Å². The summed E-state index contributed by atoms with van der Waals surface area (Å²) in [5.41, 5.74) is 5.06. The van der Waals surface area contributed by atoms with Gasteiger partial charge in [0.1, 0.15) is 6.04 Å². The van der Waals surface area contributed by atoms with Crippen LogP contribution in [0.5, 0.6) is 0 Å². The molecule has 0 saturated heterocycles. The second kappa shape index (κ2) is 3.87. The second-order valence-electron chi connectivity index (χ2n) is 1.62. The lowest BCUT2D eigenvalue weighted by Gasteiger charge is -1.97. The van der Waals surface area contributed by atoms with Gasteiger partial charge < -0.3 is 15.7 Å². The average molecular weight is 128 g/mol. The molecule has 4 nitrogen and oxygen atoms in total. The van der Waals surface area contributed by atoms with E-state index in [-0.39, 0.29) is 13.0 Å². The van der Waals surface area contributed by atoms with Crippen molar-refractivity contribution < 1.29 is 9.90 Å². The molecule has 50 valence electrons. The van der Waals surface area contributed by atoms with Crippen LogP contribution >= 0.6 is 0 Å². The summed E-state index contributed by atoms with van der Waals surface area (Å²) in [7, 11) is 0. The minimum atomic E-state index is -1.04. The van der Waals surface area contributed by atoms with Crippen LogP contribution in [0, 0.1) is 6.57 Å². The SMILES string of the molecule is [C-]#[N+]CC[C@@H](N)C(=O)O. The van der Waals surface area contributed by atoms with Crippen molar-refractivity contribution in [3.8, 4) is 0 Å². The molecule has 0 aliphatic carbocycles. The first kappa shape index (κ1) is 7.92. The third-order valence-electron chi connectivity index (χ3n) is 0.869. The Balaban J connectivity index is 3.41. The van der Waals surface area contributed by atoms with Crippen LogP contribution in [-0.4, -0.2) is 23.7 Å². The molecule has 0 aliphatic rings. The molecule has 0 bridgehead atoms. The number of carboxylic acid groups (broad SMARTS) is 1. The molecule has 0 fully saturated rings. The highest BCUT2D eigenvalue weighted by atomic mass is 16.4. The molecule has 0 heterocycles. The number of hydrogen-bond acceptors (Lipinski definition) is 2. The lowest BCUT2D eigenvalue weighted by Crippen LogP contribution is -2.30. The van der Waals surface area contributed by atoms with Crippen LogP contribution < -0.4 is 5.73 Å². The van der Waals surface area contributed by atoms with Crippen molar-refractivity contribution in [1.29, 1.82) is 0 Å². The molecule has 0 amide bonds. The van der Waals surface area contributed by atoms with Gasteiger partial charge in [-0.25, -0.2) is 6.57 Å². The Morgan fingerprint density at radius 3 is 2.78 bits per heavy atom. The van der Waals surface area contributed by atoms with Gasteiger partial charge in [0.25, 0.3) is 0 Å². The van der Waals surface area contributed by atoms with Gasteiger partial charge in [0.2, 0.25) is 6.54 Å². The van der Waals surface area contributed by atoms with E-state index in [9.17, 15) is 4.79 Å². The summed E-state index contributed by atoms with van der Waals surface area (Å²) in [6.45, 7) is 6.50. The minimum absolute atomic E-state index is 0.188. The van der Waals surface area contributed by atoms with Crippen LogP contribution in [0.25, 0.3) is 4.85 Å². The zero-order valence-electron chi connectivity index (χ0n) is 4.87. The molecule has 0 aromatic heterocycles. The van der Waals surface area contributed by atoms with Crippen molar-refractivity contribution in [2.24, 2.45) is 5.73 Å². The largest absolute Gasteiger partial charge is 0.480 e. The molecule has 0 unspecified atom stereocenters. The second-order valence-corrected chi connectivity index (χ2v) is 1.62. The first-order chi connectivity index (χ1) is 4.18. The highest BCUT2D eigenvalue weighted by Crippen LogP contribution is 1.87. The van der Waals surface area contributed by atoms with Gasteiger partial charge in [-0.1, -0.05) is 0 Å². The van der Waals surface area contributed by atoms with Gasteiger partial charge in [-0.15, -0.1) is 0 Å². The monoisotopic (exact) mass is 128 g/mol. The zero-order chi connectivity index (χ0) is 7.28. The molecule has 0 saturated carbocycles. The van der Waals surface area contributed by atoms with Crippen molar-refractivity contribution in [3.05, 3.63) is 11.4 Å². The Hall–Kier alpha value is -1.08. The summed E-state index contributed by atoms with van der Waals surface area (Å²) in [5, 5.41) is 8.18. The normalized spacial score (nSPS) is 12.0. The van der Waals surface area contributed by atoms with Crippen molar-refractivity contribution in [3.63, 3.8) is 0 Å². The molecule has 1 atom stereocenters. The summed E-state index contributed by atoms with van der Waals surface area (Å²) in [4.78, 5) is 12.9. The molecular formula is C5H8N2O2. The first-order valence-electron chi connectivity index (χ1n) is 2.50. The lowest BCUT2D eigenvalue weighted by molar-refractivity contribution is -0.138. The van der Waals surface area contributed by atoms with Gasteiger partial charge in [-0.05, 0) is 0 Å². The van der Waals surface area contributed by atoms with Crippen LogP contribution in [0.15, 0.2) is 0 Å². The van der Waals surface area contributed by atoms with Crippen LogP contribution in [-0.2, 0) is 4.79 Å². The Morgan fingerprint density at radius 2 is 2.44 bits per heavy atom. The fourth-order valence-corrected chi connectivity index (χ4v) is 0.327. The Labute approximate surface area is 53.1 Å². The third-order valence-corrected chi connectivity index (χ3v) is 0.869. The Kier molecular flexibility index (Phi) is 3.40. The molecule has 0 aromatic carbocycles. The highest BCUT2D eigenvalue weighted by molar-refractivity contribution is 5.73. The number of nitrogens with zero attached hydrogens (tertiary/aromatic N) is 1. The van der Waals surface area contributed by atoms with E-state index in [1.54, 1.807) is 0 Å². The Morgan fingerprint density at radius 1 is 1.89 bits per heavy atom. The highest BCUT2D eigenvalue weighted by Gasteiger charge is 2.11. The standard InChI is InChI=1S/C5H8N2O2/c1-7-3-2-4(6)5(8)9/h4H,2-3,6H2,(H,8,9)/t4-/m1/s1. The number of hydrogen-bond donors (Lipinski definition) is 2. The van der Waals surface area contributed by atoms with E-state index in [2.05, 4.69) is 4.85 Å².